The largest absolute Gasteiger partial charge is 0.506 e. The van der Waals surface area contributed by atoms with E-state index in [0.29, 0.717) is 10.8 Å². The van der Waals surface area contributed by atoms with Crippen molar-refractivity contribution >= 4 is 41.8 Å². The maximum absolute atomic E-state index is 13.3. The Morgan fingerprint density at radius 3 is 1.22 bits per heavy atom. The molecular formula is C39H61EuF3O6P2. The predicted octanol–water partition coefficient (Wildman–Crippen LogP) is 12.9. The van der Waals surface area contributed by atoms with Gasteiger partial charge >= 0.3 is 11.8 Å². The molecule has 291 valence electrons. The summed E-state index contributed by atoms with van der Waals surface area (Å²) in [5.74, 6) is -3.46. The van der Waals surface area contributed by atoms with Crippen LogP contribution in [0.2, 0.25) is 0 Å². The molecule has 0 saturated heterocycles. The molecule has 0 atom stereocenters. The molecule has 0 aliphatic carbocycles. The molecule has 1 heterocycles. The quantitative estimate of drug-likeness (QED) is 0.113. The zero-order valence-corrected chi connectivity index (χ0v) is 38.1. The zero-order valence-electron chi connectivity index (χ0n) is 33.9. The molecule has 2 aromatic carbocycles. The normalized spacial score (nSPS) is 13.8. The van der Waals surface area contributed by atoms with Crippen LogP contribution in [-0.2, 0) is 9.13 Å². The summed E-state index contributed by atoms with van der Waals surface area (Å²) in [6, 6.07) is 9.51. The van der Waals surface area contributed by atoms with E-state index in [9.17, 15) is 37.0 Å². The maximum Gasteiger partial charge on any atom is 0.455 e. The molecule has 3 rings (SSSR count). The molecule has 51 heavy (non-hydrogen) atoms. The molecule has 0 unspecified atom stereocenters. The van der Waals surface area contributed by atoms with Crippen molar-refractivity contribution in [3.05, 3.63) is 52.4 Å². The fraction of sp³-hybridized carbons (Fsp3) is 0.641. The van der Waals surface area contributed by atoms with Crippen LogP contribution in [0.15, 0.2) is 45.6 Å². The first kappa shape index (κ1) is 50.2. The van der Waals surface area contributed by atoms with Crippen LogP contribution in [-0.4, -0.2) is 48.0 Å². The van der Waals surface area contributed by atoms with Gasteiger partial charge in [-0.2, -0.15) is 13.2 Å². The van der Waals surface area contributed by atoms with Crippen LogP contribution < -0.4 is 5.63 Å². The maximum atomic E-state index is 13.3. The number of fused-ring (bicyclic) bond motifs is 3. The number of halogens is 3. The predicted molar refractivity (Wildman–Crippen MR) is 206 cm³/mol. The van der Waals surface area contributed by atoms with E-state index in [2.05, 4.69) is 125 Å². The summed E-state index contributed by atoms with van der Waals surface area (Å²) < 4.78 is 68.9. The topological polar surface area (TPSA) is 102 Å². The van der Waals surface area contributed by atoms with Crippen LogP contribution in [0.4, 0.5) is 13.2 Å². The second kappa shape index (κ2) is 16.1. The number of rotatable bonds is 1. The van der Waals surface area contributed by atoms with E-state index in [1.807, 2.05) is 0 Å². The molecule has 0 amide bonds. The van der Waals surface area contributed by atoms with E-state index in [-0.39, 0.29) is 91.3 Å². The Hall–Kier alpha value is -0.786. The van der Waals surface area contributed by atoms with E-state index in [1.54, 1.807) is 30.3 Å². The molecule has 0 fully saturated rings. The number of benzene rings is 2. The molecule has 1 aromatic heterocycles. The third kappa shape index (κ3) is 10.3. The molecule has 0 saturated carbocycles. The number of carbonyl (C=O) groups is 1. The van der Waals surface area contributed by atoms with Crippen LogP contribution in [0.3, 0.4) is 0 Å². The molecule has 1 N–H and O–H groups in total. The van der Waals surface area contributed by atoms with Gasteiger partial charge in [0.1, 0.15) is 25.6 Å². The van der Waals surface area contributed by atoms with E-state index in [4.69, 9.17) is 4.42 Å². The van der Waals surface area contributed by atoms with Crippen LogP contribution in [0.5, 0.6) is 5.75 Å². The van der Waals surface area contributed by atoms with Gasteiger partial charge in [0.25, 0.3) is 5.78 Å². The van der Waals surface area contributed by atoms with Gasteiger partial charge in [-0.05, 0) is 11.5 Å². The van der Waals surface area contributed by atoms with Crippen LogP contribution in [0.1, 0.15) is 135 Å². The molecular weight excluding hydrogens is 835 g/mol. The summed E-state index contributed by atoms with van der Waals surface area (Å²) in [6.07, 6.45) is -5.28. The van der Waals surface area contributed by atoms with Crippen molar-refractivity contribution in [2.24, 2.45) is 0 Å². The fourth-order valence-corrected chi connectivity index (χ4v) is 20.4. The fourth-order valence-electron chi connectivity index (χ4n) is 8.29. The SMILES string of the molecule is CC(C)(C)P(=O)(C(C)(C)C)C(C)(C)C.CC(C)(C)P(=O)(C(C)(C)C)C(C)(C)C.O=C(c1c(O)c2ccc3ccccc3c2oc1=O)C(F)(F)F.[Eu]. The van der Waals surface area contributed by atoms with Gasteiger partial charge in [0, 0.05) is 85.7 Å². The van der Waals surface area contributed by atoms with Crippen LogP contribution in [0.25, 0.3) is 21.7 Å². The van der Waals surface area contributed by atoms with Crippen molar-refractivity contribution in [2.45, 2.75) is 162 Å². The van der Waals surface area contributed by atoms with Crippen molar-refractivity contribution < 1.29 is 86.0 Å². The third-order valence-electron chi connectivity index (χ3n) is 8.92. The van der Waals surface area contributed by atoms with E-state index in [0.717, 1.165) is 0 Å². The summed E-state index contributed by atoms with van der Waals surface area (Å²) in [4.78, 5) is 23.0. The van der Waals surface area contributed by atoms with E-state index in [1.165, 1.54) is 6.07 Å². The van der Waals surface area contributed by atoms with Crippen LogP contribution >= 0.6 is 14.3 Å². The van der Waals surface area contributed by atoms with Gasteiger partial charge in [-0.15, -0.1) is 0 Å². The second-order valence-corrected chi connectivity index (χ2v) is 29.3. The molecule has 12 heteroatoms. The Morgan fingerprint density at radius 2 is 0.922 bits per heavy atom. The second-order valence-electron chi connectivity index (χ2n) is 18.8. The molecule has 0 aliphatic heterocycles. The molecule has 0 aliphatic rings. The van der Waals surface area contributed by atoms with Crippen molar-refractivity contribution in [3.63, 3.8) is 0 Å². The number of hydrogen-bond acceptors (Lipinski definition) is 6. The summed E-state index contributed by atoms with van der Waals surface area (Å²) >= 11 is 0. The summed E-state index contributed by atoms with van der Waals surface area (Å²) in [5.41, 5.74) is -3.00. The molecule has 6 nitrogen and oxygen atoms in total. The van der Waals surface area contributed by atoms with Gasteiger partial charge in [0.2, 0.25) is 0 Å². The number of hydrogen-bond donors (Lipinski definition) is 1. The van der Waals surface area contributed by atoms with Gasteiger partial charge in [-0.1, -0.05) is 155 Å². The van der Waals surface area contributed by atoms with Gasteiger partial charge in [-0.25, -0.2) is 4.79 Å². The average molecular weight is 897 g/mol. The summed E-state index contributed by atoms with van der Waals surface area (Å²) in [6.45, 7) is 37.8. The van der Waals surface area contributed by atoms with Gasteiger partial charge in [-0.3, -0.25) is 4.79 Å². The van der Waals surface area contributed by atoms with Gasteiger partial charge in [0.15, 0.2) is 5.56 Å². The average Bonchev–Trinajstić information content (AvgIpc) is 2.88. The Kier molecular flexibility index (Phi) is 15.9. The number of Topliss-reactive ketones (excluding diaryl/α,β-unsaturated/α-hetero) is 1. The number of ketones is 1. The Bertz CT molecular complexity index is 1710. The van der Waals surface area contributed by atoms with E-state index >= 15 is 0 Å². The first-order valence-electron chi connectivity index (χ1n) is 16.8. The zero-order chi connectivity index (χ0) is 40.1. The smallest absolute Gasteiger partial charge is 0.455 e. The number of aromatic hydroxyl groups is 1. The van der Waals surface area contributed by atoms with Crippen molar-refractivity contribution in [1.82, 2.24) is 0 Å². The standard InChI is InChI=1S/C15H7F3O4.2C12H27OP.Eu/c16-15(17,18)13(20)10-11(19)9-6-5-7-3-1-2-4-8(7)12(9)22-14(10)21;2*1-10(2,3)14(13,11(4,5)6)12(7,8)9;/h1-6,19H;2*1-9H3;. The molecule has 3 aromatic rings. The van der Waals surface area contributed by atoms with Gasteiger partial charge in [0.05, 0.1) is 5.39 Å². The van der Waals surface area contributed by atoms with Crippen molar-refractivity contribution in [3.8, 4) is 5.75 Å². The summed E-state index contributed by atoms with van der Waals surface area (Å²) in [7, 11) is -4.54. The third-order valence-corrected chi connectivity index (χ3v) is 20.3. The monoisotopic (exact) mass is 897 g/mol. The Morgan fingerprint density at radius 1 is 0.588 bits per heavy atom. The van der Waals surface area contributed by atoms with Crippen LogP contribution in [0, 0.1) is 49.4 Å². The number of alkyl halides is 3. The van der Waals surface area contributed by atoms with Crippen molar-refractivity contribution in [1.29, 1.82) is 0 Å². The molecule has 0 spiro atoms. The summed E-state index contributed by atoms with van der Waals surface area (Å²) in [5, 5.41) is 10.2. The number of carbonyl (C=O) groups excluding carboxylic acids is 1. The van der Waals surface area contributed by atoms with E-state index < -0.39 is 43.2 Å². The van der Waals surface area contributed by atoms with Crippen molar-refractivity contribution in [2.75, 3.05) is 0 Å². The molecule has 1 radical (unpaired) electrons. The minimum absolute atomic E-state index is 0. The first-order chi connectivity index (χ1) is 21.8. The Balaban J connectivity index is 0.000000765. The minimum atomic E-state index is -5.28. The first-order valence-corrected chi connectivity index (χ1v) is 20.2. The minimum Gasteiger partial charge on any atom is -0.506 e. The Labute approximate surface area is 344 Å². The molecule has 0 bridgehead atoms. The van der Waals surface area contributed by atoms with Gasteiger partial charge < -0.3 is 18.7 Å².